The zero-order chi connectivity index (χ0) is 13.5. The fraction of sp³-hybridized carbons (Fsp3) is 0.176. The summed E-state index contributed by atoms with van der Waals surface area (Å²) in [5, 5.41) is 4.68. The van der Waals surface area contributed by atoms with Crippen molar-refractivity contribution in [2.75, 3.05) is 6.54 Å². The maximum Gasteiger partial charge on any atom is 0.123 e. The van der Waals surface area contributed by atoms with Crippen molar-refractivity contribution >= 4 is 10.9 Å². The predicted molar refractivity (Wildman–Crippen MR) is 79.1 cm³/mol. The van der Waals surface area contributed by atoms with E-state index in [0.29, 0.717) is 0 Å². The van der Waals surface area contributed by atoms with Gasteiger partial charge in [0.1, 0.15) is 5.82 Å². The Morgan fingerprint density at radius 3 is 2.60 bits per heavy atom. The molecule has 0 atom stereocenters. The van der Waals surface area contributed by atoms with E-state index in [2.05, 4.69) is 28.5 Å². The molecule has 0 bridgehead atoms. The summed E-state index contributed by atoms with van der Waals surface area (Å²) in [6.45, 7) is 1.94. The molecule has 4 rings (SSSR count). The van der Waals surface area contributed by atoms with E-state index in [1.54, 1.807) is 0 Å². The van der Waals surface area contributed by atoms with Crippen molar-refractivity contribution in [3.63, 3.8) is 0 Å². The van der Waals surface area contributed by atoms with Crippen LogP contribution in [0.5, 0.6) is 0 Å². The highest BCUT2D eigenvalue weighted by molar-refractivity contribution is 5.89. The lowest BCUT2D eigenvalue weighted by molar-refractivity contribution is 0.628. The molecular weight excluding hydrogens is 251 g/mol. The van der Waals surface area contributed by atoms with Crippen LogP contribution < -0.4 is 5.32 Å². The number of aromatic nitrogens is 1. The minimum Gasteiger partial charge on any atom is -0.357 e. The molecule has 100 valence electrons. The van der Waals surface area contributed by atoms with Crippen molar-refractivity contribution < 1.29 is 4.39 Å². The molecule has 1 aromatic heterocycles. The third-order valence-electron chi connectivity index (χ3n) is 4.03. The smallest absolute Gasteiger partial charge is 0.123 e. The highest BCUT2D eigenvalue weighted by Crippen LogP contribution is 2.29. The number of benzene rings is 2. The highest BCUT2D eigenvalue weighted by atomic mass is 19.1. The molecule has 0 fully saturated rings. The molecule has 3 aromatic rings. The predicted octanol–water partition coefficient (Wildman–Crippen LogP) is 3.62. The molecule has 3 heteroatoms. The molecule has 1 aliphatic rings. The average molecular weight is 266 g/mol. The normalized spacial score (nSPS) is 14.4. The lowest BCUT2D eigenvalue weighted by Crippen LogP contribution is -2.22. The van der Waals surface area contributed by atoms with Crippen molar-refractivity contribution in [2.45, 2.75) is 13.0 Å². The van der Waals surface area contributed by atoms with Gasteiger partial charge in [0.2, 0.25) is 0 Å². The molecule has 0 saturated heterocycles. The molecule has 0 saturated carbocycles. The number of hydrogen-bond donors (Lipinski definition) is 2. The summed E-state index contributed by atoms with van der Waals surface area (Å²) < 4.78 is 13.0. The molecule has 2 N–H and O–H groups in total. The monoisotopic (exact) mass is 266 g/mol. The van der Waals surface area contributed by atoms with Gasteiger partial charge in [0.05, 0.1) is 0 Å². The van der Waals surface area contributed by atoms with E-state index in [-0.39, 0.29) is 5.82 Å². The van der Waals surface area contributed by atoms with Gasteiger partial charge in [-0.25, -0.2) is 4.39 Å². The van der Waals surface area contributed by atoms with Crippen LogP contribution in [0.25, 0.3) is 22.0 Å². The summed E-state index contributed by atoms with van der Waals surface area (Å²) in [4.78, 5) is 3.48. The van der Waals surface area contributed by atoms with Gasteiger partial charge in [-0.1, -0.05) is 18.2 Å². The zero-order valence-electron chi connectivity index (χ0n) is 11.0. The Labute approximate surface area is 116 Å². The number of fused-ring (bicyclic) bond motifs is 3. The van der Waals surface area contributed by atoms with Gasteiger partial charge in [0.25, 0.3) is 0 Å². The number of halogens is 1. The summed E-state index contributed by atoms with van der Waals surface area (Å²) in [6, 6.07) is 13.1. The van der Waals surface area contributed by atoms with Crippen LogP contribution in [-0.2, 0) is 13.0 Å². The molecular formula is C17H15FN2. The SMILES string of the molecule is Fc1ccc(-c2ccc3[nH]c4c(c3c2)CCNC4)cc1. The molecule has 20 heavy (non-hydrogen) atoms. The average Bonchev–Trinajstić information content (AvgIpc) is 2.86. The fourth-order valence-corrected chi connectivity index (χ4v) is 2.99. The largest absolute Gasteiger partial charge is 0.357 e. The molecule has 0 radical (unpaired) electrons. The molecule has 1 aliphatic heterocycles. The number of aromatic amines is 1. The van der Waals surface area contributed by atoms with Crippen LogP contribution in [0.2, 0.25) is 0 Å². The van der Waals surface area contributed by atoms with Crippen molar-refractivity contribution in [3.05, 3.63) is 59.5 Å². The molecule has 0 aliphatic carbocycles. The molecule has 0 spiro atoms. The van der Waals surface area contributed by atoms with Crippen molar-refractivity contribution in [2.24, 2.45) is 0 Å². The maximum absolute atomic E-state index is 13.0. The van der Waals surface area contributed by atoms with E-state index in [4.69, 9.17) is 0 Å². The Morgan fingerprint density at radius 1 is 0.950 bits per heavy atom. The van der Waals surface area contributed by atoms with E-state index < -0.39 is 0 Å². The van der Waals surface area contributed by atoms with Crippen LogP contribution in [0.1, 0.15) is 11.3 Å². The lowest BCUT2D eigenvalue weighted by atomic mass is 10.00. The summed E-state index contributed by atoms with van der Waals surface area (Å²) in [6.07, 6.45) is 1.06. The summed E-state index contributed by atoms with van der Waals surface area (Å²) in [5.41, 5.74) is 6.09. The molecule has 2 aromatic carbocycles. The molecule has 0 amide bonds. The van der Waals surface area contributed by atoms with Crippen LogP contribution in [0.15, 0.2) is 42.5 Å². The van der Waals surface area contributed by atoms with Gasteiger partial charge in [-0.2, -0.15) is 0 Å². The van der Waals surface area contributed by atoms with Crippen LogP contribution in [0, 0.1) is 5.82 Å². The first-order chi connectivity index (χ1) is 9.81. The van der Waals surface area contributed by atoms with Gasteiger partial charge in [0.15, 0.2) is 0 Å². The van der Waals surface area contributed by atoms with E-state index in [1.807, 2.05) is 12.1 Å². The zero-order valence-corrected chi connectivity index (χ0v) is 11.0. The van der Waals surface area contributed by atoms with E-state index in [9.17, 15) is 4.39 Å². The Hall–Kier alpha value is -2.13. The van der Waals surface area contributed by atoms with Crippen LogP contribution in [0.3, 0.4) is 0 Å². The highest BCUT2D eigenvalue weighted by Gasteiger charge is 2.15. The minimum absolute atomic E-state index is 0.195. The Balaban J connectivity index is 1.87. The number of nitrogens with one attached hydrogen (secondary N) is 2. The third kappa shape index (κ3) is 1.82. The van der Waals surface area contributed by atoms with Crippen molar-refractivity contribution in [1.82, 2.24) is 10.3 Å². The van der Waals surface area contributed by atoms with E-state index in [1.165, 1.54) is 34.3 Å². The summed E-state index contributed by atoms with van der Waals surface area (Å²) in [5.74, 6) is -0.195. The Kier molecular flexibility index (Phi) is 2.60. The summed E-state index contributed by atoms with van der Waals surface area (Å²) >= 11 is 0. The molecule has 2 nitrogen and oxygen atoms in total. The second-order valence-electron chi connectivity index (χ2n) is 5.28. The summed E-state index contributed by atoms with van der Waals surface area (Å²) in [7, 11) is 0. The quantitative estimate of drug-likeness (QED) is 0.691. The van der Waals surface area contributed by atoms with Gasteiger partial charge in [-0.3, -0.25) is 0 Å². The van der Waals surface area contributed by atoms with Gasteiger partial charge < -0.3 is 10.3 Å². The van der Waals surface area contributed by atoms with Crippen molar-refractivity contribution in [3.8, 4) is 11.1 Å². The lowest BCUT2D eigenvalue weighted by Gasteiger charge is -2.12. The van der Waals surface area contributed by atoms with Gasteiger partial charge in [-0.15, -0.1) is 0 Å². The van der Waals surface area contributed by atoms with Crippen molar-refractivity contribution in [1.29, 1.82) is 0 Å². The standard InChI is InChI=1S/C17H15FN2/c18-13-4-1-11(2-5-13)12-3-6-16-15(9-12)14-7-8-19-10-17(14)20-16/h1-6,9,19-20H,7-8,10H2. The minimum atomic E-state index is -0.195. The maximum atomic E-state index is 13.0. The van der Waals surface area contributed by atoms with Crippen LogP contribution in [-0.4, -0.2) is 11.5 Å². The second kappa shape index (κ2) is 4.46. The topological polar surface area (TPSA) is 27.8 Å². The van der Waals surface area contributed by atoms with Gasteiger partial charge in [0, 0.05) is 23.1 Å². The molecule has 2 heterocycles. The van der Waals surface area contributed by atoms with Gasteiger partial charge in [-0.05, 0) is 53.9 Å². The fourth-order valence-electron chi connectivity index (χ4n) is 2.99. The van der Waals surface area contributed by atoms with E-state index >= 15 is 0 Å². The van der Waals surface area contributed by atoms with Crippen LogP contribution in [0.4, 0.5) is 4.39 Å². The second-order valence-corrected chi connectivity index (χ2v) is 5.28. The number of rotatable bonds is 1. The van der Waals surface area contributed by atoms with Crippen LogP contribution >= 0.6 is 0 Å². The first-order valence-electron chi connectivity index (χ1n) is 6.91. The molecule has 0 unspecified atom stereocenters. The number of hydrogen-bond acceptors (Lipinski definition) is 1. The Bertz CT molecular complexity index is 772. The first kappa shape index (κ1) is 11.7. The first-order valence-corrected chi connectivity index (χ1v) is 6.91. The Morgan fingerprint density at radius 2 is 1.75 bits per heavy atom. The third-order valence-corrected chi connectivity index (χ3v) is 4.03. The number of H-pyrrole nitrogens is 1. The van der Waals surface area contributed by atoms with E-state index in [0.717, 1.165) is 30.6 Å². The van der Waals surface area contributed by atoms with Gasteiger partial charge >= 0.3 is 0 Å².